The van der Waals surface area contributed by atoms with Crippen molar-refractivity contribution in [3.8, 4) is 0 Å². The fourth-order valence-corrected chi connectivity index (χ4v) is 2.17. The van der Waals surface area contributed by atoms with Gasteiger partial charge in [0, 0.05) is 17.1 Å². The first-order valence-electron chi connectivity index (χ1n) is 5.59. The van der Waals surface area contributed by atoms with Crippen LogP contribution in [0.4, 0.5) is 4.39 Å². The zero-order valence-electron chi connectivity index (χ0n) is 9.88. The van der Waals surface area contributed by atoms with E-state index in [4.69, 9.17) is 5.11 Å². The van der Waals surface area contributed by atoms with E-state index in [0.29, 0.717) is 23.1 Å². The van der Waals surface area contributed by atoms with E-state index in [2.05, 4.69) is 26.2 Å². The van der Waals surface area contributed by atoms with Gasteiger partial charge in [-0.05, 0) is 23.8 Å². The summed E-state index contributed by atoms with van der Waals surface area (Å²) >= 11 is 3.22. The van der Waals surface area contributed by atoms with Crippen LogP contribution in [0.5, 0.6) is 0 Å². The molecule has 2 aromatic rings. The zero-order valence-corrected chi connectivity index (χ0v) is 11.5. The normalized spacial score (nSPS) is 10.6. The molecule has 0 aliphatic heterocycles. The second kappa shape index (κ2) is 5.92. The van der Waals surface area contributed by atoms with Crippen LogP contribution in [0.25, 0.3) is 0 Å². The van der Waals surface area contributed by atoms with Crippen molar-refractivity contribution in [2.24, 2.45) is 0 Å². The second-order valence-electron chi connectivity index (χ2n) is 4.08. The summed E-state index contributed by atoms with van der Waals surface area (Å²) in [7, 11) is 0. The summed E-state index contributed by atoms with van der Waals surface area (Å²) in [6.07, 6.45) is 2.02. The molecule has 0 amide bonds. The number of benzene rings is 1. The molecule has 7 heteroatoms. The predicted molar refractivity (Wildman–Crippen MR) is 69.2 cm³/mol. The highest BCUT2D eigenvalue weighted by Crippen LogP contribution is 2.15. The van der Waals surface area contributed by atoms with Crippen molar-refractivity contribution in [2.45, 2.75) is 19.4 Å². The molecule has 0 spiro atoms. The molecule has 1 heterocycles. The number of aromatic nitrogens is 3. The van der Waals surface area contributed by atoms with Gasteiger partial charge in [0.25, 0.3) is 0 Å². The molecule has 0 aliphatic carbocycles. The molecule has 0 fully saturated rings. The molecule has 19 heavy (non-hydrogen) atoms. The summed E-state index contributed by atoms with van der Waals surface area (Å²) in [6.45, 7) is 0.385. The maximum Gasteiger partial charge on any atom is 0.303 e. The van der Waals surface area contributed by atoms with Crippen LogP contribution in [0.15, 0.2) is 28.9 Å². The maximum atomic E-state index is 13.2. The molecular weight excluding hydrogens is 317 g/mol. The van der Waals surface area contributed by atoms with E-state index >= 15 is 0 Å². The van der Waals surface area contributed by atoms with Crippen LogP contribution in [0, 0.1) is 5.82 Å². The molecule has 0 aliphatic rings. The maximum absolute atomic E-state index is 13.2. The summed E-state index contributed by atoms with van der Waals surface area (Å²) in [6, 6.07) is 4.59. The van der Waals surface area contributed by atoms with Crippen LogP contribution < -0.4 is 0 Å². The molecule has 1 aromatic carbocycles. The molecule has 0 radical (unpaired) electrons. The molecular formula is C12H11BrFN3O2. The van der Waals surface area contributed by atoms with Crippen LogP contribution >= 0.6 is 15.9 Å². The van der Waals surface area contributed by atoms with E-state index in [1.165, 1.54) is 12.1 Å². The SMILES string of the molecule is O=C(O)CCc1cn(Cc2cc(F)cc(Br)c2)nn1. The standard InChI is InChI=1S/C12H11BrFN3O2/c13-9-3-8(4-10(14)5-9)6-17-7-11(15-16-17)1-2-12(18)19/h3-5,7H,1-2,6H2,(H,18,19). The number of nitrogens with zero attached hydrogens (tertiary/aromatic N) is 3. The van der Waals surface area contributed by atoms with Crippen molar-refractivity contribution in [1.29, 1.82) is 0 Å². The Morgan fingerprint density at radius 2 is 2.21 bits per heavy atom. The van der Waals surface area contributed by atoms with Crippen molar-refractivity contribution in [2.75, 3.05) is 0 Å². The van der Waals surface area contributed by atoms with Gasteiger partial charge < -0.3 is 5.11 Å². The van der Waals surface area contributed by atoms with E-state index in [9.17, 15) is 9.18 Å². The number of aliphatic carboxylic acids is 1. The Hall–Kier alpha value is -1.76. The van der Waals surface area contributed by atoms with Crippen molar-refractivity contribution < 1.29 is 14.3 Å². The van der Waals surface area contributed by atoms with E-state index in [1.807, 2.05) is 0 Å². The van der Waals surface area contributed by atoms with Crippen molar-refractivity contribution in [3.05, 3.63) is 45.9 Å². The van der Waals surface area contributed by atoms with Crippen molar-refractivity contribution >= 4 is 21.9 Å². The molecule has 0 bridgehead atoms. The van der Waals surface area contributed by atoms with Gasteiger partial charge in [0.1, 0.15) is 5.82 Å². The minimum absolute atomic E-state index is 0.0181. The molecule has 0 saturated carbocycles. The topological polar surface area (TPSA) is 68.0 Å². The number of rotatable bonds is 5. The number of hydrogen-bond acceptors (Lipinski definition) is 3. The van der Waals surface area contributed by atoms with Crippen LogP contribution in [0.3, 0.4) is 0 Å². The van der Waals surface area contributed by atoms with Crippen LogP contribution in [0.2, 0.25) is 0 Å². The third kappa shape index (κ3) is 4.13. The van der Waals surface area contributed by atoms with Crippen LogP contribution in [0.1, 0.15) is 17.7 Å². The summed E-state index contributed by atoms with van der Waals surface area (Å²) < 4.78 is 15.4. The van der Waals surface area contributed by atoms with Gasteiger partial charge in [-0.2, -0.15) is 0 Å². The van der Waals surface area contributed by atoms with Gasteiger partial charge >= 0.3 is 5.97 Å². The van der Waals surface area contributed by atoms with E-state index in [0.717, 1.165) is 5.56 Å². The Morgan fingerprint density at radius 1 is 1.42 bits per heavy atom. The lowest BCUT2D eigenvalue weighted by molar-refractivity contribution is -0.136. The van der Waals surface area contributed by atoms with Crippen LogP contribution in [-0.4, -0.2) is 26.1 Å². The van der Waals surface area contributed by atoms with Gasteiger partial charge in [-0.25, -0.2) is 9.07 Å². The fourth-order valence-electron chi connectivity index (χ4n) is 1.65. The Balaban J connectivity index is 2.05. The van der Waals surface area contributed by atoms with E-state index in [-0.39, 0.29) is 12.2 Å². The quantitative estimate of drug-likeness (QED) is 0.914. The summed E-state index contributed by atoms with van der Waals surface area (Å²) in [5.41, 5.74) is 1.36. The lowest BCUT2D eigenvalue weighted by atomic mass is 10.2. The average molecular weight is 328 g/mol. The average Bonchev–Trinajstić information content (AvgIpc) is 2.72. The highest BCUT2D eigenvalue weighted by molar-refractivity contribution is 9.10. The minimum atomic E-state index is -0.872. The van der Waals surface area contributed by atoms with Gasteiger partial charge in [0.2, 0.25) is 0 Å². The fraction of sp³-hybridized carbons (Fsp3) is 0.250. The van der Waals surface area contributed by atoms with Crippen LogP contribution in [-0.2, 0) is 17.8 Å². The molecule has 0 atom stereocenters. The Morgan fingerprint density at radius 3 is 2.89 bits per heavy atom. The first-order chi connectivity index (χ1) is 9.02. The Bertz CT molecular complexity index is 580. The third-order valence-corrected chi connectivity index (χ3v) is 2.91. The Kier molecular flexibility index (Phi) is 4.26. The summed E-state index contributed by atoms with van der Waals surface area (Å²) in [5, 5.41) is 16.3. The predicted octanol–water partition coefficient (Wildman–Crippen LogP) is 2.25. The monoisotopic (exact) mass is 327 g/mol. The molecule has 0 saturated heterocycles. The third-order valence-electron chi connectivity index (χ3n) is 2.45. The molecule has 1 N–H and O–H groups in total. The highest BCUT2D eigenvalue weighted by atomic mass is 79.9. The van der Waals surface area contributed by atoms with Crippen molar-refractivity contribution in [3.63, 3.8) is 0 Å². The van der Waals surface area contributed by atoms with Gasteiger partial charge in [-0.15, -0.1) is 5.10 Å². The number of carbonyl (C=O) groups is 1. The zero-order chi connectivity index (χ0) is 13.8. The smallest absolute Gasteiger partial charge is 0.303 e. The number of aryl methyl sites for hydroxylation is 1. The van der Waals surface area contributed by atoms with Gasteiger partial charge in [-0.1, -0.05) is 21.1 Å². The van der Waals surface area contributed by atoms with Gasteiger partial charge in [0.05, 0.1) is 18.7 Å². The molecule has 2 rings (SSSR count). The number of hydrogen-bond donors (Lipinski definition) is 1. The number of halogens is 2. The Labute approximate surface area is 117 Å². The second-order valence-corrected chi connectivity index (χ2v) is 4.99. The summed E-state index contributed by atoms with van der Waals surface area (Å²) in [5.74, 6) is -1.20. The lowest BCUT2D eigenvalue weighted by Crippen LogP contribution is -2.01. The summed E-state index contributed by atoms with van der Waals surface area (Å²) in [4.78, 5) is 10.4. The first-order valence-corrected chi connectivity index (χ1v) is 6.38. The van der Waals surface area contributed by atoms with Gasteiger partial charge in [0.15, 0.2) is 0 Å². The molecule has 1 aromatic heterocycles. The highest BCUT2D eigenvalue weighted by Gasteiger charge is 2.05. The number of carboxylic acid groups (broad SMARTS) is 1. The number of carboxylic acids is 1. The van der Waals surface area contributed by atoms with E-state index in [1.54, 1.807) is 16.9 Å². The minimum Gasteiger partial charge on any atom is -0.481 e. The largest absolute Gasteiger partial charge is 0.481 e. The van der Waals surface area contributed by atoms with Crippen molar-refractivity contribution in [1.82, 2.24) is 15.0 Å². The van der Waals surface area contributed by atoms with E-state index < -0.39 is 5.97 Å². The lowest BCUT2D eigenvalue weighted by Gasteiger charge is -2.02. The molecule has 5 nitrogen and oxygen atoms in total. The first kappa shape index (κ1) is 13.7. The van der Waals surface area contributed by atoms with Gasteiger partial charge in [-0.3, -0.25) is 4.79 Å². The molecule has 0 unspecified atom stereocenters. The molecule has 100 valence electrons.